The molecule has 3 unspecified atom stereocenters. The van der Waals surface area contributed by atoms with Crippen molar-refractivity contribution in [2.24, 2.45) is 0 Å². The second-order valence-electron chi connectivity index (χ2n) is 25.2. The Morgan fingerprint density at radius 1 is 0.415 bits per heavy atom. The van der Waals surface area contributed by atoms with Crippen LogP contribution in [0.3, 0.4) is 0 Å². The van der Waals surface area contributed by atoms with E-state index in [0.717, 1.165) is 57.8 Å². The Morgan fingerprint density at radius 2 is 0.707 bits per heavy atom. The number of carbonyl (C=O) groups is 1. The maximum Gasteiger partial charge on any atom is 0.472 e. The minimum absolute atomic E-state index is 0.0534. The number of nitrogens with one attached hydrogen (secondary N) is 1. The number of aliphatic hydroxyl groups excluding tert-OH is 1. The number of rotatable bonds is 65. The van der Waals surface area contributed by atoms with Gasteiger partial charge in [-0.15, -0.1) is 0 Å². The van der Waals surface area contributed by atoms with Crippen molar-refractivity contribution in [3.05, 3.63) is 72.9 Å². The molecule has 0 aliphatic heterocycles. The predicted molar refractivity (Wildman–Crippen MR) is 360 cm³/mol. The normalized spacial score (nSPS) is 14.1. The van der Waals surface area contributed by atoms with Gasteiger partial charge in [-0.2, -0.15) is 0 Å². The molecule has 0 aromatic rings. The van der Waals surface area contributed by atoms with Crippen molar-refractivity contribution < 1.29 is 32.9 Å². The van der Waals surface area contributed by atoms with Gasteiger partial charge in [0.05, 0.1) is 39.9 Å². The molecule has 0 radical (unpaired) electrons. The number of amides is 1. The summed E-state index contributed by atoms with van der Waals surface area (Å²) in [6.45, 7) is 4.80. The summed E-state index contributed by atoms with van der Waals surface area (Å²) in [5.74, 6) is -0.186. The van der Waals surface area contributed by atoms with Gasteiger partial charge in [-0.05, 0) is 83.5 Å². The van der Waals surface area contributed by atoms with Crippen molar-refractivity contribution >= 4 is 13.7 Å². The number of phosphoric acid groups is 1. The first-order valence-electron chi connectivity index (χ1n) is 35.3. The van der Waals surface area contributed by atoms with Gasteiger partial charge in [0.2, 0.25) is 5.91 Å². The van der Waals surface area contributed by atoms with E-state index in [-0.39, 0.29) is 19.1 Å². The van der Waals surface area contributed by atoms with Crippen LogP contribution in [0.1, 0.15) is 335 Å². The Labute approximate surface area is 510 Å². The first kappa shape index (κ1) is 79.9. The largest absolute Gasteiger partial charge is 0.472 e. The Kier molecular flexibility index (Phi) is 61.8. The molecule has 1 amide bonds. The van der Waals surface area contributed by atoms with E-state index in [2.05, 4.69) is 79.9 Å². The molecule has 0 fully saturated rings. The molecule has 0 saturated heterocycles. The van der Waals surface area contributed by atoms with Gasteiger partial charge in [-0.1, -0.05) is 318 Å². The fraction of sp³-hybridized carbons (Fsp3) is 0.822. The lowest BCUT2D eigenvalue weighted by molar-refractivity contribution is -0.870. The molecular weight excluding hydrogens is 1030 g/mol. The number of likely N-dealkylation sites (N-methyl/N-ethyl adjacent to an activating group) is 1. The Hall–Kier alpha value is -2.06. The van der Waals surface area contributed by atoms with Gasteiger partial charge in [0.25, 0.3) is 0 Å². The average Bonchev–Trinajstić information content (AvgIpc) is 3.47. The monoisotopic (exact) mass is 1170 g/mol. The fourth-order valence-corrected chi connectivity index (χ4v) is 11.1. The molecule has 8 nitrogen and oxygen atoms in total. The lowest BCUT2D eigenvalue weighted by atomic mass is 10.0. The molecular formula is C73H138N2O6P+. The molecule has 0 aromatic heterocycles. The average molecular weight is 1170 g/mol. The summed E-state index contributed by atoms with van der Waals surface area (Å²) in [7, 11) is 1.55. The van der Waals surface area contributed by atoms with E-state index in [1.165, 1.54) is 257 Å². The minimum atomic E-state index is -4.36. The van der Waals surface area contributed by atoms with Crippen LogP contribution in [-0.2, 0) is 18.4 Å². The maximum absolute atomic E-state index is 13.0. The van der Waals surface area contributed by atoms with Crippen LogP contribution in [0.25, 0.3) is 0 Å². The van der Waals surface area contributed by atoms with E-state index < -0.39 is 20.0 Å². The highest BCUT2D eigenvalue weighted by Gasteiger charge is 2.28. The third-order valence-corrected chi connectivity index (χ3v) is 16.9. The van der Waals surface area contributed by atoms with Crippen LogP contribution in [-0.4, -0.2) is 73.4 Å². The van der Waals surface area contributed by atoms with Gasteiger partial charge in [-0.3, -0.25) is 13.8 Å². The van der Waals surface area contributed by atoms with Gasteiger partial charge in [0, 0.05) is 6.42 Å². The van der Waals surface area contributed by atoms with Crippen LogP contribution in [0.2, 0.25) is 0 Å². The highest BCUT2D eigenvalue weighted by molar-refractivity contribution is 7.47. The van der Waals surface area contributed by atoms with Gasteiger partial charge < -0.3 is 19.8 Å². The fourth-order valence-electron chi connectivity index (χ4n) is 10.4. The van der Waals surface area contributed by atoms with E-state index in [0.29, 0.717) is 17.4 Å². The molecule has 0 spiro atoms. The van der Waals surface area contributed by atoms with E-state index in [4.69, 9.17) is 9.05 Å². The number of unbranched alkanes of at least 4 members (excludes halogenated alkanes) is 42. The van der Waals surface area contributed by atoms with E-state index in [1.807, 2.05) is 27.2 Å². The molecule has 3 N–H and O–H groups in total. The zero-order chi connectivity index (χ0) is 59.8. The summed E-state index contributed by atoms with van der Waals surface area (Å²) < 4.78 is 23.8. The highest BCUT2D eigenvalue weighted by Crippen LogP contribution is 2.43. The summed E-state index contributed by atoms with van der Waals surface area (Å²) in [5, 5.41) is 14.0. The van der Waals surface area contributed by atoms with E-state index >= 15 is 0 Å². The van der Waals surface area contributed by atoms with E-state index in [1.54, 1.807) is 6.08 Å². The molecule has 0 saturated carbocycles. The van der Waals surface area contributed by atoms with Crippen molar-refractivity contribution in [1.82, 2.24) is 5.32 Å². The summed E-state index contributed by atoms with van der Waals surface area (Å²) in [5.41, 5.74) is 0. The number of phosphoric ester groups is 1. The van der Waals surface area contributed by atoms with Crippen LogP contribution >= 0.6 is 7.82 Å². The SMILES string of the molecule is CCCCCCC/C=C\C/C=C\C/C=C\CCCCCCCCCCCCCCCCCCCCCCCCCCCCC(=O)NC(COP(=O)(O)OCC[N+](C)(C)C)C(O)/C=C/CC/C=C/CC/C=C/CCCCCCCCCCC. The van der Waals surface area contributed by atoms with Crippen LogP contribution in [0.4, 0.5) is 0 Å². The topological polar surface area (TPSA) is 105 Å². The Bertz CT molecular complexity index is 1570. The van der Waals surface area contributed by atoms with Crippen LogP contribution in [0, 0.1) is 0 Å². The predicted octanol–water partition coefficient (Wildman–Crippen LogP) is 22.6. The van der Waals surface area contributed by atoms with Gasteiger partial charge >= 0.3 is 7.82 Å². The Balaban J connectivity index is 3.95. The minimum Gasteiger partial charge on any atom is -0.387 e. The summed E-state index contributed by atoms with van der Waals surface area (Å²) >= 11 is 0. The quantitative estimate of drug-likeness (QED) is 0.0243. The number of carbonyl (C=O) groups excluding carboxylic acids is 1. The highest BCUT2D eigenvalue weighted by atomic mass is 31.2. The smallest absolute Gasteiger partial charge is 0.387 e. The number of aliphatic hydroxyl groups is 1. The Morgan fingerprint density at radius 3 is 1.06 bits per heavy atom. The molecule has 480 valence electrons. The molecule has 3 atom stereocenters. The second-order valence-corrected chi connectivity index (χ2v) is 26.7. The van der Waals surface area contributed by atoms with E-state index in [9.17, 15) is 19.4 Å². The second kappa shape index (κ2) is 63.4. The summed E-state index contributed by atoms with van der Waals surface area (Å²) in [6, 6.07) is -0.871. The summed E-state index contributed by atoms with van der Waals surface area (Å²) in [4.78, 5) is 23.4. The van der Waals surface area contributed by atoms with Crippen molar-refractivity contribution in [3.8, 4) is 0 Å². The molecule has 82 heavy (non-hydrogen) atoms. The van der Waals surface area contributed by atoms with Crippen molar-refractivity contribution in [2.45, 2.75) is 347 Å². The lowest BCUT2D eigenvalue weighted by Gasteiger charge is -2.25. The maximum atomic E-state index is 13.0. The van der Waals surface area contributed by atoms with Crippen molar-refractivity contribution in [3.63, 3.8) is 0 Å². The first-order chi connectivity index (χ1) is 40.0. The van der Waals surface area contributed by atoms with Gasteiger partial charge in [0.1, 0.15) is 13.2 Å². The molecule has 0 bridgehead atoms. The third-order valence-electron chi connectivity index (χ3n) is 15.9. The zero-order valence-electron chi connectivity index (χ0n) is 55.0. The lowest BCUT2D eigenvalue weighted by Crippen LogP contribution is -2.45. The number of hydrogen-bond acceptors (Lipinski definition) is 5. The van der Waals surface area contributed by atoms with Crippen LogP contribution < -0.4 is 5.32 Å². The molecule has 0 aliphatic carbocycles. The standard InChI is InChI=1S/C73H137N2O6P/c1-6-8-10-12-14-16-18-20-22-24-26-27-28-29-30-31-32-33-34-35-36-37-38-39-40-41-42-43-44-45-46-47-49-51-53-55-57-59-61-63-65-67-73(77)74-71(70-81-82(78,79)80-69-68-75(3,4)5)72(76)66-64-62-60-58-56-54-52-50-48-25-23-21-19-17-15-13-11-9-7-2/h18,20,24,26,28-29,48,50,56,58,64,66,71-72,76H,6-17,19,21-23,25,27,30-47,49,51-55,57,59-63,65,67-70H2,1-5H3,(H-,74,77,78,79)/p+1/b20-18-,26-24-,29-28-,50-48+,58-56+,66-64+. The van der Waals surface area contributed by atoms with Crippen molar-refractivity contribution in [1.29, 1.82) is 0 Å². The molecule has 0 rings (SSSR count). The molecule has 9 heteroatoms. The zero-order valence-corrected chi connectivity index (χ0v) is 55.9. The number of quaternary nitrogens is 1. The number of nitrogens with zero attached hydrogens (tertiary/aromatic N) is 1. The number of allylic oxidation sites excluding steroid dienone is 11. The summed E-state index contributed by atoms with van der Waals surface area (Å²) in [6.07, 6.45) is 89.3. The van der Waals surface area contributed by atoms with Crippen LogP contribution in [0.5, 0.6) is 0 Å². The van der Waals surface area contributed by atoms with Gasteiger partial charge in [0.15, 0.2) is 0 Å². The third kappa shape index (κ3) is 65.5. The number of hydrogen-bond donors (Lipinski definition) is 3. The molecule has 0 aliphatic rings. The molecule has 0 heterocycles. The van der Waals surface area contributed by atoms with Crippen LogP contribution in [0.15, 0.2) is 72.9 Å². The van der Waals surface area contributed by atoms with Gasteiger partial charge in [-0.25, -0.2) is 4.57 Å². The first-order valence-corrected chi connectivity index (χ1v) is 36.8. The van der Waals surface area contributed by atoms with Crippen molar-refractivity contribution in [2.75, 3.05) is 40.9 Å². The molecule has 0 aromatic carbocycles.